The molecular weight excluding hydrogens is 182 g/mol. The molecule has 0 heterocycles. The van der Waals surface area contributed by atoms with Crippen molar-refractivity contribution < 1.29 is 15.0 Å². The fourth-order valence-corrected chi connectivity index (χ4v) is 2.16. The Kier molecular flexibility index (Phi) is 3.04. The van der Waals surface area contributed by atoms with Gasteiger partial charge in [0.1, 0.15) is 0 Å². The Bertz CT molecular complexity index is 222. The molecule has 1 rings (SSSR count). The lowest BCUT2D eigenvalue weighted by molar-refractivity contribution is 0.0664. The first kappa shape index (κ1) is 11.3. The number of carbonyl (C=O) groups is 1. The summed E-state index contributed by atoms with van der Waals surface area (Å²) in [7, 11) is 0. The molecule has 0 aromatic rings. The van der Waals surface area contributed by atoms with Crippen LogP contribution in [0.5, 0.6) is 0 Å². The van der Waals surface area contributed by atoms with Gasteiger partial charge in [-0.15, -0.1) is 0 Å². The van der Waals surface area contributed by atoms with Crippen LogP contribution >= 0.6 is 0 Å². The molecule has 1 saturated carbocycles. The second kappa shape index (κ2) is 3.77. The van der Waals surface area contributed by atoms with Crippen molar-refractivity contribution in [2.75, 3.05) is 0 Å². The van der Waals surface area contributed by atoms with Crippen molar-refractivity contribution in [3.63, 3.8) is 0 Å². The van der Waals surface area contributed by atoms with Gasteiger partial charge in [0.2, 0.25) is 0 Å². The van der Waals surface area contributed by atoms with E-state index in [1.54, 1.807) is 0 Å². The lowest BCUT2D eigenvalue weighted by atomic mass is 10.0. The van der Waals surface area contributed by atoms with Gasteiger partial charge in [-0.25, -0.2) is 4.79 Å². The van der Waals surface area contributed by atoms with Gasteiger partial charge >= 0.3 is 6.09 Å². The van der Waals surface area contributed by atoms with Crippen molar-refractivity contribution >= 4 is 6.09 Å². The molecule has 0 radical (unpaired) electrons. The van der Waals surface area contributed by atoms with Crippen molar-refractivity contribution in [3.8, 4) is 0 Å². The Balaban J connectivity index is 2.74. The van der Waals surface area contributed by atoms with E-state index in [4.69, 9.17) is 5.11 Å². The molecule has 0 aliphatic heterocycles. The van der Waals surface area contributed by atoms with E-state index in [0.29, 0.717) is 12.8 Å². The molecule has 0 saturated heterocycles. The molecule has 82 valence electrons. The first-order chi connectivity index (χ1) is 6.32. The van der Waals surface area contributed by atoms with E-state index in [2.05, 4.69) is 0 Å². The minimum Gasteiger partial charge on any atom is -0.465 e. The van der Waals surface area contributed by atoms with Crippen LogP contribution in [0.2, 0.25) is 0 Å². The number of carboxylic acid groups (broad SMARTS) is 1. The maximum Gasteiger partial charge on any atom is 0.407 e. The van der Waals surface area contributed by atoms with Crippen molar-refractivity contribution in [2.24, 2.45) is 0 Å². The zero-order chi connectivity index (χ0) is 10.9. The van der Waals surface area contributed by atoms with Gasteiger partial charge in [-0.2, -0.15) is 0 Å². The highest BCUT2D eigenvalue weighted by molar-refractivity contribution is 5.66. The zero-order valence-electron chi connectivity index (χ0n) is 9.03. The normalized spacial score (nSPS) is 27.7. The maximum atomic E-state index is 11.1. The summed E-state index contributed by atoms with van der Waals surface area (Å²) in [6, 6.07) is -0.0255. The fourth-order valence-electron chi connectivity index (χ4n) is 2.16. The minimum atomic E-state index is -0.892. The van der Waals surface area contributed by atoms with Gasteiger partial charge in [0.05, 0.1) is 6.10 Å². The molecule has 1 aliphatic rings. The van der Waals surface area contributed by atoms with Crippen LogP contribution in [-0.4, -0.2) is 38.9 Å². The van der Waals surface area contributed by atoms with Crippen molar-refractivity contribution in [1.29, 1.82) is 0 Å². The van der Waals surface area contributed by atoms with Crippen LogP contribution < -0.4 is 0 Å². The smallest absolute Gasteiger partial charge is 0.407 e. The van der Waals surface area contributed by atoms with Crippen LogP contribution in [0.4, 0.5) is 4.79 Å². The third-order valence-corrected chi connectivity index (χ3v) is 2.67. The van der Waals surface area contributed by atoms with Gasteiger partial charge in [-0.1, -0.05) is 0 Å². The van der Waals surface area contributed by atoms with Gasteiger partial charge in [-0.3, -0.25) is 0 Å². The average Bonchev–Trinajstić information content (AvgIpc) is 2.31. The number of aliphatic hydroxyl groups is 1. The van der Waals surface area contributed by atoms with Crippen molar-refractivity contribution in [2.45, 2.75) is 57.7 Å². The lowest BCUT2D eigenvalue weighted by Crippen LogP contribution is -2.50. The van der Waals surface area contributed by atoms with Crippen LogP contribution in [0.25, 0.3) is 0 Å². The number of amides is 1. The highest BCUT2D eigenvalue weighted by atomic mass is 16.4. The molecule has 4 nitrogen and oxygen atoms in total. The SMILES string of the molecule is CC(C)(C)N(C(=O)O)[C@H]1CC[C@@H](O)C1. The molecule has 4 heteroatoms. The number of aliphatic hydroxyl groups excluding tert-OH is 1. The highest BCUT2D eigenvalue weighted by Crippen LogP contribution is 2.29. The molecule has 1 aliphatic carbocycles. The van der Waals surface area contributed by atoms with E-state index >= 15 is 0 Å². The third kappa shape index (κ3) is 2.38. The van der Waals surface area contributed by atoms with E-state index in [0.717, 1.165) is 6.42 Å². The predicted molar refractivity (Wildman–Crippen MR) is 53.3 cm³/mol. The van der Waals surface area contributed by atoms with Crippen LogP contribution in [0, 0.1) is 0 Å². The molecule has 0 aromatic heterocycles. The molecule has 0 aromatic carbocycles. The average molecular weight is 201 g/mol. The lowest BCUT2D eigenvalue weighted by Gasteiger charge is -2.38. The first-order valence-electron chi connectivity index (χ1n) is 5.02. The molecule has 1 fully saturated rings. The quantitative estimate of drug-likeness (QED) is 0.678. The largest absolute Gasteiger partial charge is 0.465 e. The van der Waals surface area contributed by atoms with Crippen LogP contribution in [0.15, 0.2) is 0 Å². The minimum absolute atomic E-state index is 0.0255. The summed E-state index contributed by atoms with van der Waals surface area (Å²) in [5.74, 6) is 0. The Hall–Kier alpha value is -0.770. The number of hydrogen-bond acceptors (Lipinski definition) is 2. The first-order valence-corrected chi connectivity index (χ1v) is 5.02. The third-order valence-electron chi connectivity index (χ3n) is 2.67. The Morgan fingerprint density at radius 3 is 2.21 bits per heavy atom. The van der Waals surface area contributed by atoms with Crippen LogP contribution in [0.3, 0.4) is 0 Å². The molecule has 1 amide bonds. The summed E-state index contributed by atoms with van der Waals surface area (Å²) in [5.41, 5.74) is -0.388. The zero-order valence-corrected chi connectivity index (χ0v) is 9.03. The monoisotopic (exact) mass is 201 g/mol. The number of nitrogens with zero attached hydrogens (tertiary/aromatic N) is 1. The predicted octanol–water partition coefficient (Wildman–Crippen LogP) is 1.68. The molecule has 14 heavy (non-hydrogen) atoms. The Morgan fingerprint density at radius 2 is 1.93 bits per heavy atom. The number of rotatable bonds is 1. The highest BCUT2D eigenvalue weighted by Gasteiger charge is 2.37. The van der Waals surface area contributed by atoms with Gasteiger partial charge in [0, 0.05) is 11.6 Å². The van der Waals surface area contributed by atoms with Gasteiger partial charge in [-0.05, 0) is 40.0 Å². The second-order valence-electron chi connectivity index (χ2n) is 4.94. The van der Waals surface area contributed by atoms with E-state index in [1.165, 1.54) is 4.90 Å². The Morgan fingerprint density at radius 1 is 1.36 bits per heavy atom. The van der Waals surface area contributed by atoms with E-state index in [-0.39, 0.29) is 17.7 Å². The summed E-state index contributed by atoms with van der Waals surface area (Å²) in [6.07, 6.45) is 0.833. The molecule has 2 N–H and O–H groups in total. The topological polar surface area (TPSA) is 60.8 Å². The molecular formula is C10H19NO3. The molecule has 0 bridgehead atoms. The summed E-state index contributed by atoms with van der Waals surface area (Å²) in [5, 5.41) is 18.5. The van der Waals surface area contributed by atoms with E-state index < -0.39 is 6.09 Å². The second-order valence-corrected chi connectivity index (χ2v) is 4.94. The summed E-state index contributed by atoms with van der Waals surface area (Å²) in [4.78, 5) is 12.5. The van der Waals surface area contributed by atoms with Gasteiger partial charge in [0.25, 0.3) is 0 Å². The van der Waals surface area contributed by atoms with Crippen LogP contribution in [0.1, 0.15) is 40.0 Å². The standard InChI is InChI=1S/C10H19NO3/c1-10(2,3)11(9(13)14)7-4-5-8(12)6-7/h7-8,12H,4-6H2,1-3H3,(H,13,14)/t7-,8+/m0/s1. The van der Waals surface area contributed by atoms with E-state index in [1.807, 2.05) is 20.8 Å². The van der Waals surface area contributed by atoms with Crippen molar-refractivity contribution in [1.82, 2.24) is 4.90 Å². The van der Waals surface area contributed by atoms with E-state index in [9.17, 15) is 9.90 Å². The Labute approximate surface area is 84.5 Å². The van der Waals surface area contributed by atoms with Crippen molar-refractivity contribution in [3.05, 3.63) is 0 Å². The number of hydrogen-bond donors (Lipinski definition) is 2. The summed E-state index contributed by atoms with van der Waals surface area (Å²) in [6.45, 7) is 5.64. The fraction of sp³-hybridized carbons (Fsp3) is 0.900. The van der Waals surface area contributed by atoms with Gasteiger partial charge < -0.3 is 15.1 Å². The molecule has 0 unspecified atom stereocenters. The van der Waals surface area contributed by atoms with Gasteiger partial charge in [0.15, 0.2) is 0 Å². The molecule has 0 spiro atoms. The molecule has 2 atom stereocenters. The van der Waals surface area contributed by atoms with Crippen LogP contribution in [-0.2, 0) is 0 Å². The maximum absolute atomic E-state index is 11.1. The summed E-state index contributed by atoms with van der Waals surface area (Å²) >= 11 is 0. The summed E-state index contributed by atoms with van der Waals surface area (Å²) < 4.78 is 0.